The Morgan fingerprint density at radius 2 is 1.20 bits per heavy atom. The van der Waals surface area contributed by atoms with Gasteiger partial charge in [-0.2, -0.15) is 0 Å². The lowest BCUT2D eigenvalue weighted by Crippen LogP contribution is -2.47. The highest BCUT2D eigenvalue weighted by Gasteiger charge is 2.19. The van der Waals surface area contributed by atoms with E-state index in [2.05, 4.69) is 48.8 Å². The van der Waals surface area contributed by atoms with Crippen molar-refractivity contribution in [2.45, 2.75) is 174 Å². The minimum absolute atomic E-state index is 0.0487. The topological polar surface area (TPSA) is 142 Å². The highest BCUT2D eigenvalue weighted by atomic mass is 16.5. The molecule has 0 fully saturated rings. The van der Waals surface area contributed by atoms with Crippen LogP contribution in [0.1, 0.15) is 162 Å². The van der Waals surface area contributed by atoms with Crippen molar-refractivity contribution >= 4 is 23.8 Å². The first kappa shape index (κ1) is 43.3. The van der Waals surface area contributed by atoms with Crippen molar-refractivity contribution in [2.24, 2.45) is 0 Å². The number of unbranched alkanes of at least 4 members (excludes halogenated alkanes) is 14. The molecule has 0 heterocycles. The molecule has 0 bridgehead atoms. The predicted molar refractivity (Wildman–Crippen MR) is 185 cm³/mol. The molecule has 46 heavy (non-hydrogen) atoms. The van der Waals surface area contributed by atoms with E-state index >= 15 is 0 Å². The fourth-order valence-electron chi connectivity index (χ4n) is 5.10. The molecule has 2 atom stereocenters. The third kappa shape index (κ3) is 28.8. The number of amides is 2. The number of ether oxygens (including phenoxy) is 1. The molecule has 0 aliphatic heterocycles. The molecular weight excluding hydrogens is 584 g/mol. The van der Waals surface area contributed by atoms with Crippen LogP contribution in [-0.4, -0.2) is 59.3 Å². The van der Waals surface area contributed by atoms with Gasteiger partial charge in [0.15, 0.2) is 0 Å². The molecule has 4 N–H and O–H groups in total. The zero-order valence-corrected chi connectivity index (χ0v) is 29.1. The van der Waals surface area contributed by atoms with Crippen molar-refractivity contribution in [3.8, 4) is 0 Å². The van der Waals surface area contributed by atoms with E-state index in [9.17, 15) is 19.2 Å². The summed E-state index contributed by atoms with van der Waals surface area (Å²) in [4.78, 5) is 47.2. The van der Waals surface area contributed by atoms with Gasteiger partial charge in [-0.25, -0.2) is 4.79 Å². The van der Waals surface area contributed by atoms with Crippen LogP contribution in [0, 0.1) is 0 Å². The number of carbonyl (C=O) groups excluding carboxylic acids is 3. The number of aliphatic hydroxyl groups excluding tert-OH is 1. The third-order valence-corrected chi connectivity index (χ3v) is 7.95. The number of aliphatic hydroxyl groups is 1. The Hall–Kier alpha value is -2.68. The Kier molecular flexibility index (Phi) is 30.4. The lowest BCUT2D eigenvalue weighted by Gasteiger charge is -2.18. The number of allylic oxidation sites excluding steroid dienone is 4. The first-order valence-corrected chi connectivity index (χ1v) is 18.2. The van der Waals surface area contributed by atoms with Gasteiger partial charge in [0.1, 0.15) is 12.1 Å². The zero-order chi connectivity index (χ0) is 34.1. The molecule has 9 nitrogen and oxygen atoms in total. The van der Waals surface area contributed by atoms with E-state index in [1.807, 2.05) is 0 Å². The molecule has 266 valence electrons. The summed E-state index contributed by atoms with van der Waals surface area (Å²) in [6, 6.07) is -1.38. The van der Waals surface area contributed by atoms with Crippen molar-refractivity contribution in [3.05, 3.63) is 24.3 Å². The van der Waals surface area contributed by atoms with Gasteiger partial charge < -0.3 is 25.6 Å². The second kappa shape index (κ2) is 32.3. The first-order chi connectivity index (χ1) is 22.3. The Labute approximate surface area is 279 Å². The number of carboxylic acid groups (broad SMARTS) is 1. The molecule has 9 heteroatoms. The van der Waals surface area contributed by atoms with Gasteiger partial charge in [0.25, 0.3) is 0 Å². The highest BCUT2D eigenvalue weighted by molar-refractivity contribution is 5.87. The van der Waals surface area contributed by atoms with Crippen LogP contribution in [0.15, 0.2) is 24.3 Å². The highest BCUT2D eigenvalue weighted by Crippen LogP contribution is 2.17. The number of nitrogens with one attached hydrogen (secondary N) is 2. The Balaban J connectivity index is 4.34. The normalized spacial score (nSPS) is 12.8. The quantitative estimate of drug-likeness (QED) is 0.0332. The average Bonchev–Trinajstić information content (AvgIpc) is 3.03. The Morgan fingerprint density at radius 1 is 0.652 bits per heavy atom. The van der Waals surface area contributed by atoms with Crippen LogP contribution >= 0.6 is 0 Å². The number of rotatable bonds is 32. The predicted octanol–water partition coefficient (Wildman–Crippen LogP) is 7.70. The number of hydrogen-bond donors (Lipinski definition) is 4. The van der Waals surface area contributed by atoms with E-state index in [0.717, 1.165) is 77.0 Å². The summed E-state index contributed by atoms with van der Waals surface area (Å²) in [7, 11) is 0. The van der Waals surface area contributed by atoms with Crippen LogP contribution in [0.2, 0.25) is 0 Å². The summed E-state index contributed by atoms with van der Waals surface area (Å²) in [5.41, 5.74) is 0. The summed E-state index contributed by atoms with van der Waals surface area (Å²) < 4.78 is 5.93. The molecule has 0 spiro atoms. The molecular formula is C37H66N2O7. The second-order valence-corrected chi connectivity index (χ2v) is 12.3. The second-order valence-electron chi connectivity index (χ2n) is 12.3. The summed E-state index contributed by atoms with van der Waals surface area (Å²) in [6.45, 7) is 3.40. The Bertz CT molecular complexity index is 844. The molecule has 0 aromatic heterocycles. The summed E-state index contributed by atoms with van der Waals surface area (Å²) in [5, 5.41) is 22.4. The van der Waals surface area contributed by atoms with E-state index in [-0.39, 0.29) is 30.9 Å². The molecule has 0 aromatic carbocycles. The monoisotopic (exact) mass is 650 g/mol. The maximum Gasteiger partial charge on any atom is 0.328 e. The van der Waals surface area contributed by atoms with Crippen LogP contribution in [0.5, 0.6) is 0 Å². The summed E-state index contributed by atoms with van der Waals surface area (Å²) in [6.07, 6.45) is 32.1. The lowest BCUT2D eigenvalue weighted by atomic mass is 10.0. The summed E-state index contributed by atoms with van der Waals surface area (Å²) in [5.74, 6) is -2.33. The number of carbonyl (C=O) groups is 4. The fourth-order valence-corrected chi connectivity index (χ4v) is 5.10. The van der Waals surface area contributed by atoms with Gasteiger partial charge in [-0.1, -0.05) is 109 Å². The SMILES string of the molecule is CCCCC/C=C\C/C=C\CCCC(CCCCCCCC(=O)NCC(=O)NC(CO)C(=O)O)OC(=O)CCCCCCCCC. The molecule has 0 rings (SSSR count). The van der Waals surface area contributed by atoms with Crippen LogP contribution in [0.3, 0.4) is 0 Å². The fraction of sp³-hybridized carbons (Fsp3) is 0.784. The van der Waals surface area contributed by atoms with Gasteiger partial charge >= 0.3 is 11.9 Å². The maximum atomic E-state index is 12.6. The van der Waals surface area contributed by atoms with Crippen LogP contribution < -0.4 is 10.6 Å². The first-order valence-electron chi connectivity index (χ1n) is 18.2. The lowest BCUT2D eigenvalue weighted by molar-refractivity contribution is -0.150. The van der Waals surface area contributed by atoms with Gasteiger partial charge in [-0.05, 0) is 64.2 Å². The van der Waals surface area contributed by atoms with Crippen molar-refractivity contribution in [1.29, 1.82) is 0 Å². The van der Waals surface area contributed by atoms with E-state index in [1.54, 1.807) is 0 Å². The van der Waals surface area contributed by atoms with Crippen molar-refractivity contribution < 1.29 is 34.1 Å². The minimum atomic E-state index is -1.38. The minimum Gasteiger partial charge on any atom is -0.480 e. The van der Waals surface area contributed by atoms with Crippen molar-refractivity contribution in [3.63, 3.8) is 0 Å². The van der Waals surface area contributed by atoms with Gasteiger partial charge in [0.2, 0.25) is 11.8 Å². The number of hydrogen-bond acceptors (Lipinski definition) is 6. The number of esters is 1. The van der Waals surface area contributed by atoms with Crippen LogP contribution in [-0.2, 0) is 23.9 Å². The smallest absolute Gasteiger partial charge is 0.328 e. The van der Waals surface area contributed by atoms with Crippen molar-refractivity contribution in [2.75, 3.05) is 13.2 Å². The molecule has 0 saturated carbocycles. The van der Waals surface area contributed by atoms with Crippen LogP contribution in [0.25, 0.3) is 0 Å². The van der Waals surface area contributed by atoms with Crippen molar-refractivity contribution in [1.82, 2.24) is 10.6 Å². The van der Waals surface area contributed by atoms with E-state index in [0.29, 0.717) is 12.8 Å². The van der Waals surface area contributed by atoms with E-state index in [1.165, 1.54) is 51.4 Å². The maximum absolute atomic E-state index is 12.6. The Morgan fingerprint density at radius 3 is 1.83 bits per heavy atom. The molecule has 2 unspecified atom stereocenters. The van der Waals surface area contributed by atoms with Gasteiger partial charge in [0, 0.05) is 12.8 Å². The largest absolute Gasteiger partial charge is 0.480 e. The molecule has 2 amide bonds. The molecule has 0 saturated heterocycles. The zero-order valence-electron chi connectivity index (χ0n) is 29.1. The molecule has 0 radical (unpaired) electrons. The average molecular weight is 651 g/mol. The molecule has 0 aromatic rings. The number of carboxylic acids is 1. The molecule has 0 aliphatic rings. The third-order valence-electron chi connectivity index (χ3n) is 7.95. The van der Waals surface area contributed by atoms with Crippen LogP contribution in [0.4, 0.5) is 0 Å². The van der Waals surface area contributed by atoms with Gasteiger partial charge in [-0.3, -0.25) is 14.4 Å². The number of aliphatic carboxylic acids is 1. The van der Waals surface area contributed by atoms with Gasteiger partial charge in [0.05, 0.1) is 13.2 Å². The van der Waals surface area contributed by atoms with E-state index < -0.39 is 24.5 Å². The summed E-state index contributed by atoms with van der Waals surface area (Å²) >= 11 is 0. The molecule has 0 aliphatic carbocycles. The van der Waals surface area contributed by atoms with Gasteiger partial charge in [-0.15, -0.1) is 0 Å². The van der Waals surface area contributed by atoms with E-state index in [4.69, 9.17) is 14.9 Å². The standard InChI is InChI=1S/C37H66N2O7/c1-3-5-7-9-11-12-13-14-16-18-22-26-32(46-36(43)29-25-21-15-10-8-6-4-2)27-23-19-17-20-24-28-34(41)38-30-35(42)39-33(31-40)37(44)45/h11-12,14,16,32-33,40H,3-10,13,15,17-31H2,1-2H3,(H,38,41)(H,39,42)(H,44,45)/b12-11-,16-14-.